The molecule has 1 aliphatic heterocycles. The van der Waals surface area contributed by atoms with Crippen LogP contribution in [0.25, 0.3) is 0 Å². The highest BCUT2D eigenvalue weighted by Gasteiger charge is 2.24. The highest BCUT2D eigenvalue weighted by molar-refractivity contribution is 5.77. The Morgan fingerprint density at radius 3 is 2.84 bits per heavy atom. The largest absolute Gasteiger partial charge is 0.341 e. The van der Waals surface area contributed by atoms with Gasteiger partial charge in [0.15, 0.2) is 11.6 Å². The molecule has 1 fully saturated rings. The molecule has 1 amide bonds. The number of nitriles is 1. The van der Waals surface area contributed by atoms with Crippen molar-refractivity contribution in [2.75, 3.05) is 13.1 Å². The lowest BCUT2D eigenvalue weighted by Crippen LogP contribution is -2.40. The van der Waals surface area contributed by atoms with E-state index >= 15 is 0 Å². The van der Waals surface area contributed by atoms with E-state index in [9.17, 15) is 13.6 Å². The smallest absolute Gasteiger partial charge is 0.222 e. The van der Waals surface area contributed by atoms with Crippen molar-refractivity contribution in [1.29, 1.82) is 5.26 Å². The summed E-state index contributed by atoms with van der Waals surface area (Å²) >= 11 is 0. The molecule has 0 saturated carbocycles. The number of carbonyl (C=O) groups excluding carboxylic acids is 1. The van der Waals surface area contributed by atoms with Gasteiger partial charge >= 0.3 is 0 Å². The fourth-order valence-electron chi connectivity index (χ4n) is 2.20. The van der Waals surface area contributed by atoms with Crippen molar-refractivity contribution >= 4 is 5.91 Å². The van der Waals surface area contributed by atoms with Crippen molar-refractivity contribution in [3.8, 4) is 6.07 Å². The maximum Gasteiger partial charge on any atom is 0.222 e. The number of hydrogen-bond acceptors (Lipinski definition) is 2. The van der Waals surface area contributed by atoms with Crippen molar-refractivity contribution in [2.45, 2.75) is 19.3 Å². The van der Waals surface area contributed by atoms with E-state index in [-0.39, 0.29) is 11.8 Å². The van der Waals surface area contributed by atoms with Gasteiger partial charge in [0.25, 0.3) is 0 Å². The zero-order chi connectivity index (χ0) is 13.8. The summed E-state index contributed by atoms with van der Waals surface area (Å²) in [6.07, 6.45) is 1.45. The maximum atomic E-state index is 13.0. The summed E-state index contributed by atoms with van der Waals surface area (Å²) in [7, 11) is 0. The molecule has 0 spiro atoms. The lowest BCUT2D eigenvalue weighted by molar-refractivity contribution is -0.134. The molecule has 0 bridgehead atoms. The molecule has 1 heterocycles. The van der Waals surface area contributed by atoms with Gasteiger partial charge in [0, 0.05) is 19.5 Å². The predicted octanol–water partition coefficient (Wildman–Crippen LogP) is 2.27. The fourth-order valence-corrected chi connectivity index (χ4v) is 2.20. The van der Waals surface area contributed by atoms with Gasteiger partial charge in [-0.25, -0.2) is 8.78 Å². The van der Waals surface area contributed by atoms with Crippen LogP contribution in [-0.2, 0) is 11.2 Å². The molecule has 1 aliphatic rings. The first-order chi connectivity index (χ1) is 9.10. The summed E-state index contributed by atoms with van der Waals surface area (Å²) in [5.41, 5.74) is 0.644. The third-order valence-electron chi connectivity index (χ3n) is 3.34. The Bertz CT molecular complexity index is 525. The Kier molecular flexibility index (Phi) is 4.10. The summed E-state index contributed by atoms with van der Waals surface area (Å²) in [6, 6.07) is 5.90. The Hall–Kier alpha value is -1.96. The van der Waals surface area contributed by atoms with Crippen LogP contribution in [0.1, 0.15) is 18.4 Å². The molecule has 1 unspecified atom stereocenters. The number of carbonyl (C=O) groups is 1. The third kappa shape index (κ3) is 3.28. The van der Waals surface area contributed by atoms with Crippen LogP contribution in [0.4, 0.5) is 8.78 Å². The standard InChI is InChI=1S/C14H14F2N2O/c15-12-3-1-10(7-13(12)16)5-6-18-9-11(8-17)2-4-14(18)19/h1,3,7,11H,2,4-6,9H2. The number of hydrogen-bond donors (Lipinski definition) is 0. The lowest BCUT2D eigenvalue weighted by atomic mass is 9.98. The van der Waals surface area contributed by atoms with Crippen LogP contribution in [-0.4, -0.2) is 23.9 Å². The van der Waals surface area contributed by atoms with Gasteiger partial charge in [0.05, 0.1) is 12.0 Å². The van der Waals surface area contributed by atoms with Crippen molar-refractivity contribution in [2.24, 2.45) is 5.92 Å². The van der Waals surface area contributed by atoms with Crippen LogP contribution in [0.5, 0.6) is 0 Å². The third-order valence-corrected chi connectivity index (χ3v) is 3.34. The average molecular weight is 264 g/mol. The van der Waals surface area contributed by atoms with E-state index < -0.39 is 11.6 Å². The molecule has 19 heavy (non-hydrogen) atoms. The Labute approximate surface area is 110 Å². The second-order valence-electron chi connectivity index (χ2n) is 4.70. The van der Waals surface area contributed by atoms with E-state index in [1.54, 1.807) is 4.90 Å². The molecule has 0 aromatic heterocycles. The monoisotopic (exact) mass is 264 g/mol. The number of halogens is 2. The molecule has 2 rings (SSSR count). The predicted molar refractivity (Wildman–Crippen MR) is 65.0 cm³/mol. The van der Waals surface area contributed by atoms with Gasteiger partial charge in [0.2, 0.25) is 5.91 Å². The molecule has 100 valence electrons. The topological polar surface area (TPSA) is 44.1 Å². The summed E-state index contributed by atoms with van der Waals surface area (Å²) in [6.45, 7) is 0.862. The molecule has 0 radical (unpaired) electrons. The lowest BCUT2D eigenvalue weighted by Gasteiger charge is -2.29. The first-order valence-electron chi connectivity index (χ1n) is 6.21. The van der Waals surface area contributed by atoms with Gasteiger partial charge in [-0.05, 0) is 30.5 Å². The molecule has 1 aromatic carbocycles. The first kappa shape index (κ1) is 13.5. The number of amides is 1. The second-order valence-corrected chi connectivity index (χ2v) is 4.70. The average Bonchev–Trinajstić information content (AvgIpc) is 2.41. The molecule has 0 aliphatic carbocycles. The molecular formula is C14H14F2N2O. The Morgan fingerprint density at radius 1 is 1.37 bits per heavy atom. The fraction of sp³-hybridized carbons (Fsp3) is 0.429. The number of piperidine rings is 1. The quantitative estimate of drug-likeness (QED) is 0.840. The molecule has 0 N–H and O–H groups in total. The number of nitrogens with zero attached hydrogens (tertiary/aromatic N) is 2. The molecular weight excluding hydrogens is 250 g/mol. The van der Waals surface area contributed by atoms with E-state index in [0.717, 1.165) is 12.1 Å². The van der Waals surface area contributed by atoms with Gasteiger partial charge < -0.3 is 4.90 Å². The van der Waals surface area contributed by atoms with Crippen molar-refractivity contribution < 1.29 is 13.6 Å². The zero-order valence-electron chi connectivity index (χ0n) is 10.4. The van der Waals surface area contributed by atoms with Gasteiger partial charge in [-0.1, -0.05) is 6.07 Å². The van der Waals surface area contributed by atoms with Crippen LogP contribution in [0.15, 0.2) is 18.2 Å². The van der Waals surface area contributed by atoms with Crippen molar-refractivity contribution in [1.82, 2.24) is 4.90 Å². The zero-order valence-corrected chi connectivity index (χ0v) is 10.4. The summed E-state index contributed by atoms with van der Waals surface area (Å²) in [5, 5.41) is 8.87. The molecule has 5 heteroatoms. The SMILES string of the molecule is N#CC1CCC(=O)N(CCc2ccc(F)c(F)c2)C1. The molecule has 1 saturated heterocycles. The maximum absolute atomic E-state index is 13.0. The van der Waals surface area contributed by atoms with Crippen LogP contribution in [0.3, 0.4) is 0 Å². The van der Waals surface area contributed by atoms with Gasteiger partial charge in [-0.2, -0.15) is 5.26 Å². The molecule has 1 aromatic rings. The van der Waals surface area contributed by atoms with E-state index in [1.807, 2.05) is 0 Å². The van der Waals surface area contributed by atoms with Gasteiger partial charge in [-0.3, -0.25) is 4.79 Å². The van der Waals surface area contributed by atoms with E-state index in [1.165, 1.54) is 6.07 Å². The normalized spacial score (nSPS) is 19.3. The summed E-state index contributed by atoms with van der Waals surface area (Å²) in [4.78, 5) is 13.3. The van der Waals surface area contributed by atoms with Gasteiger partial charge in [0.1, 0.15) is 0 Å². The van der Waals surface area contributed by atoms with Crippen LogP contribution in [0.2, 0.25) is 0 Å². The van der Waals surface area contributed by atoms with Crippen LogP contribution in [0, 0.1) is 28.9 Å². The number of rotatable bonds is 3. The van der Waals surface area contributed by atoms with Crippen LogP contribution < -0.4 is 0 Å². The molecule has 3 nitrogen and oxygen atoms in total. The van der Waals surface area contributed by atoms with E-state index in [2.05, 4.69) is 6.07 Å². The van der Waals surface area contributed by atoms with Crippen molar-refractivity contribution in [3.63, 3.8) is 0 Å². The van der Waals surface area contributed by atoms with E-state index in [0.29, 0.717) is 37.9 Å². The van der Waals surface area contributed by atoms with Crippen LogP contribution >= 0.6 is 0 Å². The first-order valence-corrected chi connectivity index (χ1v) is 6.21. The second kappa shape index (κ2) is 5.79. The minimum absolute atomic E-state index is 0.0223. The minimum atomic E-state index is -0.877. The number of benzene rings is 1. The highest BCUT2D eigenvalue weighted by atomic mass is 19.2. The van der Waals surface area contributed by atoms with E-state index in [4.69, 9.17) is 5.26 Å². The summed E-state index contributed by atoms with van der Waals surface area (Å²) in [5.74, 6) is -1.85. The minimum Gasteiger partial charge on any atom is -0.341 e. The summed E-state index contributed by atoms with van der Waals surface area (Å²) < 4.78 is 25.8. The van der Waals surface area contributed by atoms with Crippen molar-refractivity contribution in [3.05, 3.63) is 35.4 Å². The Morgan fingerprint density at radius 2 is 2.16 bits per heavy atom. The highest BCUT2D eigenvalue weighted by Crippen LogP contribution is 2.17. The number of likely N-dealkylation sites (tertiary alicyclic amines) is 1. The molecule has 1 atom stereocenters. The van der Waals surface area contributed by atoms with Gasteiger partial charge in [-0.15, -0.1) is 0 Å². The Balaban J connectivity index is 1.95.